The van der Waals surface area contributed by atoms with E-state index in [1.165, 1.54) is 5.56 Å². The molecule has 0 fully saturated rings. The van der Waals surface area contributed by atoms with Crippen LogP contribution in [0.4, 0.5) is 0 Å². The van der Waals surface area contributed by atoms with E-state index in [0.29, 0.717) is 37.6 Å². The Hall–Kier alpha value is -2.65. The van der Waals surface area contributed by atoms with Gasteiger partial charge in [-0.25, -0.2) is 0 Å². The van der Waals surface area contributed by atoms with Crippen LogP contribution >= 0.6 is 22.6 Å². The summed E-state index contributed by atoms with van der Waals surface area (Å²) in [6, 6.07) is 12.3. The van der Waals surface area contributed by atoms with Crippen LogP contribution in [0, 0.1) is 21.3 Å². The summed E-state index contributed by atoms with van der Waals surface area (Å²) < 4.78 is 18.5. The van der Waals surface area contributed by atoms with E-state index in [2.05, 4.69) is 86.4 Å². The Labute approximate surface area is 270 Å². The Balaban J connectivity index is 1.64. The predicted octanol–water partition coefficient (Wildman–Crippen LogP) is 7.91. The van der Waals surface area contributed by atoms with Crippen LogP contribution in [0.3, 0.4) is 0 Å². The fraction of sp³-hybridized carbons (Fsp3) is 0.500. The van der Waals surface area contributed by atoms with Gasteiger partial charge in [-0.3, -0.25) is 9.59 Å². The summed E-state index contributed by atoms with van der Waals surface area (Å²) >= 11 is 2.29. The number of ether oxygens (including phenoxy) is 3. The van der Waals surface area contributed by atoms with Gasteiger partial charge in [0.05, 0.1) is 10.7 Å². The largest absolute Gasteiger partial charge is 0.493 e. The van der Waals surface area contributed by atoms with E-state index in [9.17, 15) is 9.59 Å². The number of carbonyl (C=O) groups is 2. The van der Waals surface area contributed by atoms with Crippen LogP contribution in [0.2, 0.25) is 0 Å². The lowest BCUT2D eigenvalue weighted by atomic mass is 9.63. The molecule has 0 bridgehead atoms. The number of benzene rings is 2. The van der Waals surface area contributed by atoms with Gasteiger partial charge in [-0.15, -0.1) is 0 Å². The zero-order valence-electron chi connectivity index (χ0n) is 26.6. The molecule has 230 valence electrons. The first-order valence-electron chi connectivity index (χ1n) is 15.2. The molecule has 2 aromatic rings. The second-order valence-electron chi connectivity index (χ2n) is 13.8. The van der Waals surface area contributed by atoms with Crippen molar-refractivity contribution < 1.29 is 23.8 Å². The minimum absolute atomic E-state index is 0.130. The molecule has 2 aromatic carbocycles. The molecular formula is C36H44INO5. The number of rotatable bonds is 9. The van der Waals surface area contributed by atoms with Crippen LogP contribution in [0.5, 0.6) is 11.5 Å². The molecule has 0 atom stereocenters. The van der Waals surface area contributed by atoms with Crippen molar-refractivity contribution in [1.82, 2.24) is 4.90 Å². The smallest absolute Gasteiger partial charge is 0.174 e. The maximum absolute atomic E-state index is 14.1. The molecule has 0 spiro atoms. The van der Waals surface area contributed by atoms with Crippen LogP contribution in [-0.4, -0.2) is 43.8 Å². The van der Waals surface area contributed by atoms with E-state index < -0.39 is 5.92 Å². The normalized spacial score (nSPS) is 19.9. The highest BCUT2D eigenvalue weighted by Crippen LogP contribution is 2.55. The molecule has 0 aromatic heterocycles. The number of hydrogen-bond acceptors (Lipinski definition) is 6. The van der Waals surface area contributed by atoms with Crippen molar-refractivity contribution >= 4 is 34.2 Å². The number of ketones is 2. The number of aryl methyl sites for hydroxylation is 1. The quantitative estimate of drug-likeness (QED) is 0.196. The predicted molar refractivity (Wildman–Crippen MR) is 177 cm³/mol. The van der Waals surface area contributed by atoms with Gasteiger partial charge in [0.1, 0.15) is 6.61 Å². The summed E-state index contributed by atoms with van der Waals surface area (Å²) in [4.78, 5) is 30.5. The second-order valence-corrected chi connectivity index (χ2v) is 15.0. The number of nitrogens with zero attached hydrogens (tertiary/aromatic N) is 1. The highest BCUT2D eigenvalue weighted by molar-refractivity contribution is 14.1. The van der Waals surface area contributed by atoms with Gasteiger partial charge in [0, 0.05) is 61.6 Å². The molecule has 0 radical (unpaired) electrons. The highest BCUT2D eigenvalue weighted by Gasteiger charge is 2.49. The average Bonchev–Trinajstić information content (AvgIpc) is 2.91. The van der Waals surface area contributed by atoms with E-state index in [0.717, 1.165) is 63.0 Å². The first kappa shape index (κ1) is 31.8. The van der Waals surface area contributed by atoms with E-state index in [1.54, 1.807) is 14.2 Å². The lowest BCUT2D eigenvalue weighted by Gasteiger charge is -2.49. The molecule has 1 heterocycles. The summed E-state index contributed by atoms with van der Waals surface area (Å²) in [6.07, 6.45) is 3.31. The number of allylic oxidation sites excluding steroid dienone is 4. The molecule has 0 amide bonds. The van der Waals surface area contributed by atoms with Gasteiger partial charge in [-0.05, 0) is 82.9 Å². The summed E-state index contributed by atoms with van der Waals surface area (Å²) in [7, 11) is 3.36. The molecule has 5 rings (SSSR count). The number of methoxy groups -OCH3 is 2. The van der Waals surface area contributed by atoms with E-state index in [1.807, 2.05) is 12.1 Å². The minimum atomic E-state index is -0.427. The van der Waals surface area contributed by atoms with Gasteiger partial charge >= 0.3 is 0 Å². The van der Waals surface area contributed by atoms with Crippen molar-refractivity contribution in [3.63, 3.8) is 0 Å². The lowest BCUT2D eigenvalue weighted by molar-refractivity contribution is -0.119. The summed E-state index contributed by atoms with van der Waals surface area (Å²) in [5, 5.41) is 0. The van der Waals surface area contributed by atoms with E-state index in [-0.39, 0.29) is 22.4 Å². The van der Waals surface area contributed by atoms with Gasteiger partial charge in [-0.1, -0.05) is 57.5 Å². The SMILES string of the molecule is COCCCN1C2=C(C(=O)CC(C)(C)C2)C(c2cc(I)c(OCc3cccc(C)c3)c(OC)c2)C2=C1CC(C)(C)CC2=O. The van der Waals surface area contributed by atoms with Crippen LogP contribution in [-0.2, 0) is 20.9 Å². The average molecular weight is 698 g/mol. The van der Waals surface area contributed by atoms with Crippen molar-refractivity contribution in [2.75, 3.05) is 27.4 Å². The first-order valence-corrected chi connectivity index (χ1v) is 16.3. The molecule has 43 heavy (non-hydrogen) atoms. The van der Waals surface area contributed by atoms with Crippen molar-refractivity contribution in [3.8, 4) is 11.5 Å². The van der Waals surface area contributed by atoms with E-state index in [4.69, 9.17) is 14.2 Å². The van der Waals surface area contributed by atoms with Crippen molar-refractivity contribution in [2.45, 2.75) is 79.2 Å². The van der Waals surface area contributed by atoms with Gasteiger partial charge < -0.3 is 19.1 Å². The summed E-state index contributed by atoms with van der Waals surface area (Å²) in [6.45, 7) is 12.5. The zero-order chi connectivity index (χ0) is 31.1. The number of Topliss-reactive ketones (excluding diaryl/α,β-unsaturated/α-hetero) is 2. The van der Waals surface area contributed by atoms with Crippen LogP contribution in [0.25, 0.3) is 0 Å². The van der Waals surface area contributed by atoms with Crippen LogP contribution in [0.1, 0.15) is 82.4 Å². The molecule has 0 N–H and O–H groups in total. The Kier molecular flexibility index (Phi) is 9.15. The van der Waals surface area contributed by atoms with Gasteiger partial charge in [-0.2, -0.15) is 0 Å². The monoisotopic (exact) mass is 697 g/mol. The van der Waals surface area contributed by atoms with Crippen molar-refractivity contribution in [1.29, 1.82) is 0 Å². The molecule has 2 aliphatic carbocycles. The van der Waals surface area contributed by atoms with Gasteiger partial charge in [0.25, 0.3) is 0 Å². The standard InChI is InChI=1S/C36H44INO5/c1-22-10-8-11-23(14-22)21-43-34-25(37)15-24(16-30(34)42-7)31-32-26(17-35(2,3)19-28(32)39)38(12-9-13-41-6)27-18-36(4,5)20-29(40)33(27)31/h8,10-11,14-16,31H,9,12-13,17-21H2,1-7H3. The summed E-state index contributed by atoms with van der Waals surface area (Å²) in [5.74, 6) is 1.11. The molecule has 0 saturated carbocycles. The van der Waals surface area contributed by atoms with Crippen molar-refractivity contribution in [2.24, 2.45) is 10.8 Å². The molecule has 3 aliphatic rings. The lowest BCUT2D eigenvalue weighted by Crippen LogP contribution is -2.44. The molecule has 0 saturated heterocycles. The van der Waals surface area contributed by atoms with Crippen LogP contribution in [0.15, 0.2) is 58.9 Å². The fourth-order valence-electron chi connectivity index (χ4n) is 7.02. The van der Waals surface area contributed by atoms with Crippen LogP contribution < -0.4 is 9.47 Å². The third-order valence-electron chi connectivity index (χ3n) is 8.80. The second kappa shape index (κ2) is 12.4. The third-order valence-corrected chi connectivity index (χ3v) is 9.60. The Morgan fingerprint density at radius 3 is 2.09 bits per heavy atom. The zero-order valence-corrected chi connectivity index (χ0v) is 28.7. The Morgan fingerprint density at radius 1 is 0.907 bits per heavy atom. The number of halogens is 1. The maximum atomic E-state index is 14.1. The number of hydrogen-bond donors (Lipinski definition) is 0. The molecule has 7 heteroatoms. The first-order chi connectivity index (χ1) is 20.3. The Morgan fingerprint density at radius 2 is 1.53 bits per heavy atom. The number of carbonyl (C=O) groups excluding carboxylic acids is 2. The van der Waals surface area contributed by atoms with Crippen molar-refractivity contribution in [3.05, 3.63) is 79.2 Å². The van der Waals surface area contributed by atoms with E-state index >= 15 is 0 Å². The molecule has 0 unspecified atom stereocenters. The Bertz CT molecular complexity index is 1450. The van der Waals surface area contributed by atoms with Gasteiger partial charge in [0.2, 0.25) is 0 Å². The fourth-order valence-corrected chi connectivity index (χ4v) is 7.80. The van der Waals surface area contributed by atoms with Gasteiger partial charge in [0.15, 0.2) is 23.1 Å². The molecular weight excluding hydrogens is 653 g/mol. The molecule has 6 nitrogen and oxygen atoms in total. The summed E-state index contributed by atoms with van der Waals surface area (Å²) in [5.41, 5.74) is 6.53. The maximum Gasteiger partial charge on any atom is 0.174 e. The topological polar surface area (TPSA) is 65.1 Å². The third kappa shape index (κ3) is 6.58. The molecule has 1 aliphatic heterocycles. The minimum Gasteiger partial charge on any atom is -0.493 e. The highest BCUT2D eigenvalue weighted by atomic mass is 127.